The van der Waals surface area contributed by atoms with Gasteiger partial charge in [-0.3, -0.25) is 14.7 Å². The molecule has 1 aromatic carbocycles. The first-order chi connectivity index (χ1) is 10.6. The van der Waals surface area contributed by atoms with Crippen LogP contribution in [0.5, 0.6) is 0 Å². The molecule has 0 radical (unpaired) electrons. The molecule has 1 N–H and O–H groups in total. The van der Waals surface area contributed by atoms with Gasteiger partial charge >= 0.3 is 7.60 Å². The molecule has 0 aliphatic rings. The van der Waals surface area contributed by atoms with Crippen LogP contribution in [0.2, 0.25) is 0 Å². The van der Waals surface area contributed by atoms with Crippen molar-refractivity contribution in [3.05, 3.63) is 46.0 Å². The summed E-state index contributed by atoms with van der Waals surface area (Å²) in [6, 6.07) is 8.64. The third-order valence-electron chi connectivity index (χ3n) is 2.92. The van der Waals surface area contributed by atoms with Crippen LogP contribution in [-0.2, 0) is 20.0 Å². The Kier molecular flexibility index (Phi) is 6.89. The van der Waals surface area contributed by atoms with Gasteiger partial charge < -0.3 is 14.2 Å². The van der Waals surface area contributed by atoms with E-state index < -0.39 is 36.6 Å². The van der Waals surface area contributed by atoms with E-state index in [0.717, 1.165) is 0 Å². The van der Waals surface area contributed by atoms with Crippen LogP contribution in [0.1, 0.15) is 33.3 Å². The van der Waals surface area contributed by atoms with Crippen molar-refractivity contribution in [1.29, 1.82) is 0 Å². The van der Waals surface area contributed by atoms with Gasteiger partial charge in [-0.1, -0.05) is 30.3 Å². The smallest absolute Gasteiger partial charge is 0.369 e. The maximum atomic E-state index is 13.2. The van der Waals surface area contributed by atoms with E-state index in [0.29, 0.717) is 5.56 Å². The molecule has 0 spiro atoms. The van der Waals surface area contributed by atoms with E-state index in [1.807, 2.05) is 0 Å². The van der Waals surface area contributed by atoms with Gasteiger partial charge in [0.05, 0.1) is 12.2 Å². The molecule has 0 heterocycles. The maximum absolute atomic E-state index is 13.2. The van der Waals surface area contributed by atoms with Crippen molar-refractivity contribution in [2.45, 2.75) is 51.7 Å². The molecule has 0 bridgehead atoms. The van der Waals surface area contributed by atoms with Crippen molar-refractivity contribution >= 4 is 7.60 Å². The first kappa shape index (κ1) is 19.8. The van der Waals surface area contributed by atoms with Crippen LogP contribution >= 0.6 is 7.60 Å². The van der Waals surface area contributed by atoms with Gasteiger partial charge in [0.1, 0.15) is 0 Å². The summed E-state index contributed by atoms with van der Waals surface area (Å²) in [4.78, 5) is 10.3. The predicted molar refractivity (Wildman–Crippen MR) is 87.0 cm³/mol. The lowest BCUT2D eigenvalue weighted by Gasteiger charge is -2.34. The topological polar surface area (TPSA) is 98.9 Å². The summed E-state index contributed by atoms with van der Waals surface area (Å²) in [5.74, 6) is 0. The van der Waals surface area contributed by atoms with Crippen LogP contribution in [0, 0.1) is 10.1 Å². The van der Waals surface area contributed by atoms with Gasteiger partial charge in [-0.25, -0.2) is 0 Å². The molecule has 0 fully saturated rings. The Labute approximate surface area is 136 Å². The third-order valence-corrected chi connectivity index (χ3v) is 5.64. The average Bonchev–Trinajstić information content (AvgIpc) is 2.36. The second-order valence-electron chi connectivity index (χ2n) is 5.94. The van der Waals surface area contributed by atoms with Crippen molar-refractivity contribution in [2.24, 2.45) is 0 Å². The van der Waals surface area contributed by atoms with Crippen LogP contribution in [0.4, 0.5) is 0 Å². The lowest BCUT2D eigenvalue weighted by molar-refractivity contribution is -0.495. The highest BCUT2D eigenvalue weighted by atomic mass is 31.2. The molecule has 1 unspecified atom stereocenters. The van der Waals surface area contributed by atoms with Gasteiger partial charge in [0.2, 0.25) is 11.9 Å². The predicted octanol–water partition coefficient (Wildman–Crippen LogP) is 3.24. The summed E-state index contributed by atoms with van der Waals surface area (Å²) in [6.45, 7) is 5.59. The molecular weight excluding hydrogens is 321 g/mol. The van der Waals surface area contributed by atoms with Crippen molar-refractivity contribution in [3.8, 4) is 0 Å². The van der Waals surface area contributed by atoms with E-state index in [1.54, 1.807) is 58.0 Å². The van der Waals surface area contributed by atoms with E-state index in [4.69, 9.17) is 9.05 Å². The molecule has 130 valence electrons. The van der Waals surface area contributed by atoms with E-state index in [-0.39, 0.29) is 6.42 Å². The quantitative estimate of drug-likeness (QED) is 0.419. The summed E-state index contributed by atoms with van der Waals surface area (Å²) >= 11 is 0. The summed E-state index contributed by atoms with van der Waals surface area (Å²) in [5, 5.41) is 19.7. The fourth-order valence-electron chi connectivity index (χ4n) is 2.14. The number of aliphatic hydroxyl groups is 1. The highest BCUT2D eigenvalue weighted by Crippen LogP contribution is 2.61. The van der Waals surface area contributed by atoms with Gasteiger partial charge in [-0.15, -0.1) is 0 Å². The molecule has 1 rings (SSSR count). The number of nitrogens with zero attached hydrogens (tertiary/aromatic N) is 1. The zero-order valence-corrected chi connectivity index (χ0v) is 14.7. The van der Waals surface area contributed by atoms with Gasteiger partial charge in [0, 0.05) is 11.3 Å². The SMILES string of the molecule is CC(C)OP(=O)(OC(C)C)C(O)(Cc1ccccc1)C[N+](=O)[O-]. The van der Waals surface area contributed by atoms with E-state index >= 15 is 0 Å². The minimum Gasteiger partial charge on any atom is -0.372 e. The normalized spacial score (nSPS) is 14.9. The highest BCUT2D eigenvalue weighted by molar-refractivity contribution is 7.55. The second kappa shape index (κ2) is 8.02. The Hall–Kier alpha value is -1.27. The molecule has 1 atom stereocenters. The lowest BCUT2D eigenvalue weighted by atomic mass is 10.1. The molecule has 0 aliphatic heterocycles. The standard InChI is InChI=1S/C15H24NO6P/c1-12(2)21-23(20,22-13(3)4)15(17,11-16(18)19)10-14-8-6-5-7-9-14/h5-9,12-13,17H,10-11H2,1-4H3. The van der Waals surface area contributed by atoms with E-state index in [1.165, 1.54) is 0 Å². The summed E-state index contributed by atoms with van der Waals surface area (Å²) in [7, 11) is -4.16. The number of benzene rings is 1. The van der Waals surface area contributed by atoms with Gasteiger partial charge in [-0.05, 0) is 33.3 Å². The Bertz CT molecular complexity index is 548. The van der Waals surface area contributed by atoms with Crippen molar-refractivity contribution in [1.82, 2.24) is 0 Å². The third kappa shape index (κ3) is 5.70. The fraction of sp³-hybridized carbons (Fsp3) is 0.600. The summed E-state index contributed by atoms with van der Waals surface area (Å²) in [6.07, 6.45) is -1.24. The van der Waals surface area contributed by atoms with Crippen LogP contribution in [0.3, 0.4) is 0 Å². The fourth-order valence-corrected chi connectivity index (χ4v) is 4.36. The highest BCUT2D eigenvalue weighted by Gasteiger charge is 2.55. The largest absolute Gasteiger partial charge is 0.372 e. The van der Waals surface area contributed by atoms with Crippen molar-refractivity contribution in [2.75, 3.05) is 6.54 Å². The van der Waals surface area contributed by atoms with Crippen molar-refractivity contribution in [3.63, 3.8) is 0 Å². The molecule has 0 saturated heterocycles. The van der Waals surface area contributed by atoms with Gasteiger partial charge in [0.25, 0.3) is 0 Å². The van der Waals surface area contributed by atoms with Gasteiger partial charge in [-0.2, -0.15) is 0 Å². The molecule has 0 aromatic heterocycles. The first-order valence-corrected chi connectivity index (χ1v) is 8.97. The second-order valence-corrected chi connectivity index (χ2v) is 8.19. The minimum absolute atomic E-state index is 0.203. The molecule has 7 nitrogen and oxygen atoms in total. The molecule has 0 saturated carbocycles. The molecule has 23 heavy (non-hydrogen) atoms. The Morgan fingerprint density at radius 1 is 1.17 bits per heavy atom. The minimum atomic E-state index is -4.16. The van der Waals surface area contributed by atoms with Crippen molar-refractivity contribution < 1.29 is 23.6 Å². The molecule has 0 amide bonds. The lowest BCUT2D eigenvalue weighted by Crippen LogP contribution is -2.41. The number of hydrogen-bond acceptors (Lipinski definition) is 6. The van der Waals surface area contributed by atoms with Crippen LogP contribution < -0.4 is 0 Å². The number of rotatable bonds is 9. The Morgan fingerprint density at radius 2 is 1.65 bits per heavy atom. The Balaban J connectivity index is 3.27. The van der Waals surface area contributed by atoms with Crippen LogP contribution in [0.15, 0.2) is 30.3 Å². The number of hydrogen-bond donors (Lipinski definition) is 1. The first-order valence-electron chi connectivity index (χ1n) is 7.43. The van der Waals surface area contributed by atoms with Crippen LogP contribution in [0.25, 0.3) is 0 Å². The maximum Gasteiger partial charge on any atom is 0.369 e. The monoisotopic (exact) mass is 345 g/mol. The van der Waals surface area contributed by atoms with E-state index in [2.05, 4.69) is 0 Å². The summed E-state index contributed by atoms with van der Waals surface area (Å²) in [5.41, 5.74) is 0.608. The number of nitro groups is 1. The zero-order chi connectivity index (χ0) is 17.7. The Morgan fingerprint density at radius 3 is 2.04 bits per heavy atom. The summed E-state index contributed by atoms with van der Waals surface area (Å²) < 4.78 is 23.9. The molecule has 0 aliphatic carbocycles. The average molecular weight is 345 g/mol. The van der Waals surface area contributed by atoms with E-state index in [9.17, 15) is 19.8 Å². The molecule has 1 aromatic rings. The van der Waals surface area contributed by atoms with Crippen LogP contribution in [-0.4, -0.2) is 34.1 Å². The van der Waals surface area contributed by atoms with Gasteiger partial charge in [0.15, 0.2) is 0 Å². The zero-order valence-electron chi connectivity index (χ0n) is 13.8. The molecule has 8 heteroatoms. The molecular formula is C15H24NO6P.